The predicted octanol–water partition coefficient (Wildman–Crippen LogP) is 2.92. The molecule has 1 N–H and O–H groups in total. The lowest BCUT2D eigenvalue weighted by atomic mass is 10.1. The van der Waals surface area contributed by atoms with Gasteiger partial charge in [-0.3, -0.25) is 14.5 Å². The van der Waals surface area contributed by atoms with Gasteiger partial charge in [-0.25, -0.2) is 0 Å². The second kappa shape index (κ2) is 9.31. The van der Waals surface area contributed by atoms with Crippen LogP contribution in [0.1, 0.15) is 25.8 Å². The first-order valence-corrected chi connectivity index (χ1v) is 9.85. The third-order valence-corrected chi connectivity index (χ3v) is 5.23. The lowest BCUT2D eigenvalue weighted by Gasteiger charge is -2.41. The Morgan fingerprint density at radius 2 is 2.00 bits per heavy atom. The third kappa shape index (κ3) is 5.28. The van der Waals surface area contributed by atoms with Gasteiger partial charge in [-0.1, -0.05) is 42.0 Å². The summed E-state index contributed by atoms with van der Waals surface area (Å²) < 4.78 is 1.91. The van der Waals surface area contributed by atoms with Crippen molar-refractivity contribution in [3.8, 4) is 11.3 Å². The molecule has 0 radical (unpaired) electrons. The van der Waals surface area contributed by atoms with E-state index < -0.39 is 0 Å². The van der Waals surface area contributed by atoms with E-state index in [1.807, 2.05) is 17.8 Å². The number of aromatic nitrogens is 2. The van der Waals surface area contributed by atoms with E-state index in [2.05, 4.69) is 60.2 Å². The highest BCUT2D eigenvalue weighted by Gasteiger charge is 2.26. The van der Waals surface area contributed by atoms with Crippen molar-refractivity contribution in [1.82, 2.24) is 19.6 Å². The van der Waals surface area contributed by atoms with Gasteiger partial charge in [-0.05, 0) is 20.3 Å². The minimum Gasteiger partial charge on any atom is -0.396 e. The molecule has 1 atom stereocenters. The average molecular weight is 369 g/mol. The van der Waals surface area contributed by atoms with E-state index >= 15 is 0 Å². The maximum Gasteiger partial charge on any atom is 0.0968 e. The maximum absolute atomic E-state index is 9.51. The van der Waals surface area contributed by atoms with Crippen molar-refractivity contribution in [1.29, 1.82) is 0 Å². The van der Waals surface area contributed by atoms with Crippen LogP contribution in [0, 0.1) is 0 Å². The molecule has 1 aromatic carbocycles. The quantitative estimate of drug-likeness (QED) is 0.763. The zero-order valence-electron chi connectivity index (χ0n) is 16.8. The molecular weight excluding hydrogens is 336 g/mol. The zero-order valence-corrected chi connectivity index (χ0v) is 16.8. The largest absolute Gasteiger partial charge is 0.396 e. The summed E-state index contributed by atoms with van der Waals surface area (Å²) in [4.78, 5) is 5.00. The van der Waals surface area contributed by atoms with E-state index in [0.29, 0.717) is 6.04 Å². The number of allylic oxidation sites excluding steroid dienone is 1. The smallest absolute Gasteiger partial charge is 0.0968 e. The Kier molecular flexibility index (Phi) is 6.83. The van der Waals surface area contributed by atoms with Crippen molar-refractivity contribution in [3.05, 3.63) is 53.7 Å². The van der Waals surface area contributed by atoms with Crippen molar-refractivity contribution in [2.45, 2.75) is 32.9 Å². The number of rotatable bonds is 7. The maximum atomic E-state index is 9.51. The van der Waals surface area contributed by atoms with Crippen molar-refractivity contribution in [3.63, 3.8) is 0 Å². The van der Waals surface area contributed by atoms with Gasteiger partial charge in [-0.2, -0.15) is 5.10 Å². The predicted molar refractivity (Wildman–Crippen MR) is 110 cm³/mol. The van der Waals surface area contributed by atoms with Gasteiger partial charge in [0.25, 0.3) is 0 Å². The SMILES string of the molecule is CC(C)=CCN1CCN(Cc2cn(C)nc2-c2ccccc2)C[C@@H]1CCO. The summed E-state index contributed by atoms with van der Waals surface area (Å²) >= 11 is 0. The Hall–Kier alpha value is -1.95. The molecule has 2 heterocycles. The summed E-state index contributed by atoms with van der Waals surface area (Å²) in [6, 6.07) is 10.8. The van der Waals surface area contributed by atoms with Crippen LogP contribution in [0.5, 0.6) is 0 Å². The summed E-state index contributed by atoms with van der Waals surface area (Å²) in [5, 5.41) is 14.2. The number of hydrogen-bond donors (Lipinski definition) is 1. The molecule has 1 fully saturated rings. The Balaban J connectivity index is 1.71. The molecule has 1 saturated heterocycles. The number of piperazine rings is 1. The number of aliphatic hydroxyl groups excluding tert-OH is 1. The molecule has 2 aromatic rings. The number of aliphatic hydroxyl groups is 1. The van der Waals surface area contributed by atoms with Crippen LogP contribution in [0.25, 0.3) is 11.3 Å². The fraction of sp³-hybridized carbons (Fsp3) is 0.500. The molecule has 27 heavy (non-hydrogen) atoms. The molecule has 0 bridgehead atoms. The van der Waals surface area contributed by atoms with Gasteiger partial charge >= 0.3 is 0 Å². The van der Waals surface area contributed by atoms with Gasteiger partial charge in [-0.15, -0.1) is 0 Å². The Morgan fingerprint density at radius 1 is 1.22 bits per heavy atom. The van der Waals surface area contributed by atoms with Gasteiger partial charge in [0.05, 0.1) is 5.69 Å². The van der Waals surface area contributed by atoms with E-state index in [9.17, 15) is 5.11 Å². The lowest BCUT2D eigenvalue weighted by molar-refractivity contribution is 0.0637. The first kappa shape index (κ1) is 19.8. The first-order chi connectivity index (χ1) is 13.1. The lowest BCUT2D eigenvalue weighted by Crippen LogP contribution is -2.53. The van der Waals surface area contributed by atoms with Crippen molar-refractivity contribution < 1.29 is 5.11 Å². The number of nitrogens with zero attached hydrogens (tertiary/aromatic N) is 4. The highest BCUT2D eigenvalue weighted by molar-refractivity contribution is 5.62. The standard InChI is InChI=1S/C22H32N4O/c1-18(2)9-11-26-13-12-25(17-21(26)10-14-27)16-20-15-24(3)23-22(20)19-7-5-4-6-8-19/h4-9,15,21,27H,10-14,16-17H2,1-3H3/t21-/m0/s1. The van der Waals surface area contributed by atoms with E-state index in [-0.39, 0.29) is 6.61 Å². The fourth-order valence-corrected chi connectivity index (χ4v) is 3.80. The molecule has 3 rings (SSSR count). The van der Waals surface area contributed by atoms with Gasteiger partial charge < -0.3 is 5.11 Å². The molecule has 0 saturated carbocycles. The summed E-state index contributed by atoms with van der Waals surface area (Å²) in [6.45, 7) is 9.47. The normalized spacial score (nSPS) is 18.6. The zero-order chi connectivity index (χ0) is 19.2. The highest BCUT2D eigenvalue weighted by Crippen LogP contribution is 2.24. The Bertz CT molecular complexity index is 749. The van der Waals surface area contributed by atoms with Crippen molar-refractivity contribution in [2.75, 3.05) is 32.8 Å². The summed E-state index contributed by atoms with van der Waals surface area (Å²) in [5.74, 6) is 0. The number of hydrogen-bond acceptors (Lipinski definition) is 4. The summed E-state index contributed by atoms with van der Waals surface area (Å²) in [7, 11) is 1.99. The van der Waals surface area contributed by atoms with Crippen LogP contribution in [-0.2, 0) is 13.6 Å². The Morgan fingerprint density at radius 3 is 2.70 bits per heavy atom. The topological polar surface area (TPSA) is 44.5 Å². The molecule has 146 valence electrons. The third-order valence-electron chi connectivity index (χ3n) is 5.23. The van der Waals surface area contributed by atoms with Crippen LogP contribution < -0.4 is 0 Å². The summed E-state index contributed by atoms with van der Waals surface area (Å²) in [5.41, 5.74) is 4.86. The van der Waals surface area contributed by atoms with E-state index in [1.165, 1.54) is 16.7 Å². The molecule has 0 aliphatic carbocycles. The van der Waals surface area contributed by atoms with Crippen LogP contribution in [0.15, 0.2) is 48.2 Å². The van der Waals surface area contributed by atoms with Crippen LogP contribution >= 0.6 is 0 Å². The second-order valence-corrected chi connectivity index (χ2v) is 7.72. The van der Waals surface area contributed by atoms with E-state index in [4.69, 9.17) is 5.10 Å². The van der Waals surface area contributed by atoms with Crippen LogP contribution in [0.3, 0.4) is 0 Å². The van der Waals surface area contributed by atoms with Crippen LogP contribution in [0.2, 0.25) is 0 Å². The van der Waals surface area contributed by atoms with Gasteiger partial charge in [0.2, 0.25) is 0 Å². The summed E-state index contributed by atoms with van der Waals surface area (Å²) in [6.07, 6.45) is 5.25. The second-order valence-electron chi connectivity index (χ2n) is 7.72. The van der Waals surface area contributed by atoms with E-state index in [1.54, 1.807) is 0 Å². The minimum atomic E-state index is 0.242. The molecule has 1 aromatic heterocycles. The fourth-order valence-electron chi connectivity index (χ4n) is 3.80. The Labute approximate surface area is 162 Å². The first-order valence-electron chi connectivity index (χ1n) is 9.85. The molecule has 1 aliphatic rings. The van der Waals surface area contributed by atoms with Gasteiger partial charge in [0, 0.05) is 69.7 Å². The average Bonchev–Trinajstić information content (AvgIpc) is 3.02. The van der Waals surface area contributed by atoms with Gasteiger partial charge in [0.1, 0.15) is 0 Å². The molecule has 5 nitrogen and oxygen atoms in total. The van der Waals surface area contributed by atoms with Crippen LogP contribution in [-0.4, -0.2) is 63.5 Å². The van der Waals surface area contributed by atoms with Gasteiger partial charge in [0.15, 0.2) is 0 Å². The molecular formula is C22H32N4O. The minimum absolute atomic E-state index is 0.242. The molecule has 0 spiro atoms. The van der Waals surface area contributed by atoms with E-state index in [0.717, 1.165) is 44.8 Å². The van der Waals surface area contributed by atoms with Crippen molar-refractivity contribution in [2.24, 2.45) is 7.05 Å². The highest BCUT2D eigenvalue weighted by atomic mass is 16.3. The molecule has 0 unspecified atom stereocenters. The number of benzene rings is 1. The molecule has 1 aliphatic heterocycles. The van der Waals surface area contributed by atoms with Crippen molar-refractivity contribution >= 4 is 0 Å². The van der Waals surface area contributed by atoms with Crippen LogP contribution in [0.4, 0.5) is 0 Å². The molecule has 0 amide bonds. The molecule has 5 heteroatoms. The number of aryl methyl sites for hydroxylation is 1. The monoisotopic (exact) mass is 368 g/mol.